The van der Waals surface area contributed by atoms with Gasteiger partial charge in [-0.15, -0.1) is 0 Å². The quantitative estimate of drug-likeness (QED) is 0.486. The summed E-state index contributed by atoms with van der Waals surface area (Å²) in [6, 6.07) is 20.1. The van der Waals surface area contributed by atoms with Crippen LogP contribution in [0.1, 0.15) is 21.6 Å². The van der Waals surface area contributed by atoms with E-state index in [1.165, 1.54) is 5.56 Å². The fourth-order valence-electron chi connectivity index (χ4n) is 3.91. The van der Waals surface area contributed by atoms with Crippen LogP contribution in [0.4, 0.5) is 5.69 Å². The molecule has 0 saturated heterocycles. The number of hydrogen-bond acceptors (Lipinski definition) is 3. The third kappa shape index (κ3) is 3.12. The van der Waals surface area contributed by atoms with Gasteiger partial charge in [0.25, 0.3) is 5.91 Å². The van der Waals surface area contributed by atoms with E-state index < -0.39 is 0 Å². The minimum atomic E-state index is -0.152. The Hall–Kier alpha value is -3.93. The maximum Gasteiger partial charge on any atom is 0.257 e. The van der Waals surface area contributed by atoms with Crippen LogP contribution < -0.4 is 5.32 Å². The zero-order valence-electron chi connectivity index (χ0n) is 16.8. The van der Waals surface area contributed by atoms with Crippen LogP contribution in [0.2, 0.25) is 0 Å². The first-order valence-electron chi connectivity index (χ1n) is 9.82. The molecule has 6 nitrogen and oxygen atoms in total. The Labute approximate surface area is 173 Å². The van der Waals surface area contributed by atoms with Crippen molar-refractivity contribution in [2.75, 3.05) is 5.32 Å². The third-order valence-corrected chi connectivity index (χ3v) is 5.35. The topological polar surface area (TPSA) is 64.7 Å². The molecule has 3 aromatic heterocycles. The van der Waals surface area contributed by atoms with E-state index in [0.717, 1.165) is 27.6 Å². The lowest BCUT2D eigenvalue weighted by Crippen LogP contribution is -2.12. The van der Waals surface area contributed by atoms with Gasteiger partial charge in [0.2, 0.25) is 0 Å². The van der Waals surface area contributed by atoms with Crippen LogP contribution in [0, 0.1) is 6.92 Å². The van der Waals surface area contributed by atoms with Crippen molar-refractivity contribution in [3.05, 3.63) is 89.9 Å². The number of amides is 1. The highest BCUT2D eigenvalue weighted by Crippen LogP contribution is 2.25. The number of nitrogens with zero attached hydrogens (tertiary/aromatic N) is 4. The van der Waals surface area contributed by atoms with Crippen LogP contribution in [0.25, 0.3) is 21.9 Å². The number of pyridine rings is 1. The summed E-state index contributed by atoms with van der Waals surface area (Å²) in [5.74, 6) is -0.152. The summed E-state index contributed by atoms with van der Waals surface area (Å²) in [5.41, 5.74) is 5.20. The molecule has 0 saturated carbocycles. The molecule has 0 aliphatic rings. The fraction of sp³-hybridized carbons (Fsp3) is 0.125. The first-order valence-corrected chi connectivity index (χ1v) is 9.82. The van der Waals surface area contributed by atoms with Crippen LogP contribution >= 0.6 is 0 Å². The highest BCUT2D eigenvalue weighted by molar-refractivity contribution is 6.13. The molecule has 0 atom stereocenters. The SMILES string of the molecule is Cc1nn(C)c2ncc(NC(=O)c3cn(Cc4ccccc4)c4ccccc34)cc12. The number of aromatic nitrogens is 4. The summed E-state index contributed by atoms with van der Waals surface area (Å²) >= 11 is 0. The van der Waals surface area contributed by atoms with E-state index in [-0.39, 0.29) is 5.91 Å². The number of aryl methyl sites for hydroxylation is 2. The lowest BCUT2D eigenvalue weighted by molar-refractivity contribution is 0.102. The second-order valence-electron chi connectivity index (χ2n) is 7.43. The van der Waals surface area contributed by atoms with Crippen molar-refractivity contribution in [3.8, 4) is 0 Å². The van der Waals surface area contributed by atoms with Crippen LogP contribution in [-0.2, 0) is 13.6 Å². The number of para-hydroxylation sites is 1. The summed E-state index contributed by atoms with van der Waals surface area (Å²) in [6.07, 6.45) is 3.60. The fourth-order valence-corrected chi connectivity index (χ4v) is 3.91. The number of rotatable bonds is 4. The molecule has 6 heteroatoms. The van der Waals surface area contributed by atoms with Gasteiger partial charge in [-0.25, -0.2) is 4.98 Å². The van der Waals surface area contributed by atoms with Gasteiger partial charge in [0.15, 0.2) is 5.65 Å². The predicted molar refractivity (Wildman–Crippen MR) is 119 cm³/mol. The molecule has 0 spiro atoms. The second-order valence-corrected chi connectivity index (χ2v) is 7.43. The normalized spacial score (nSPS) is 11.3. The molecule has 0 radical (unpaired) electrons. The second kappa shape index (κ2) is 7.15. The van der Waals surface area contributed by atoms with Crippen molar-refractivity contribution < 1.29 is 4.79 Å². The highest BCUT2D eigenvalue weighted by Gasteiger charge is 2.16. The number of hydrogen-bond donors (Lipinski definition) is 1. The Morgan fingerprint density at radius 2 is 1.80 bits per heavy atom. The Bertz CT molecular complexity index is 1380. The van der Waals surface area contributed by atoms with Gasteiger partial charge >= 0.3 is 0 Å². The largest absolute Gasteiger partial charge is 0.342 e. The zero-order chi connectivity index (χ0) is 20.7. The van der Waals surface area contributed by atoms with Crippen molar-refractivity contribution in [2.45, 2.75) is 13.5 Å². The molecular weight excluding hydrogens is 374 g/mol. The standard InChI is InChI=1S/C24H21N5O/c1-16-20-12-18(13-25-23(20)28(2)27-16)26-24(30)21-15-29(14-17-8-4-3-5-9-17)22-11-7-6-10-19(21)22/h3-13,15H,14H2,1-2H3,(H,26,30). The van der Waals surface area contributed by atoms with E-state index in [0.29, 0.717) is 17.8 Å². The van der Waals surface area contributed by atoms with Crippen molar-refractivity contribution in [3.63, 3.8) is 0 Å². The molecule has 0 aliphatic heterocycles. The number of carbonyl (C=O) groups excluding carboxylic acids is 1. The molecule has 0 fully saturated rings. The van der Waals surface area contributed by atoms with E-state index in [2.05, 4.69) is 32.1 Å². The first-order chi connectivity index (χ1) is 14.6. The summed E-state index contributed by atoms with van der Waals surface area (Å²) in [4.78, 5) is 17.6. The number of anilines is 1. The molecule has 5 rings (SSSR count). The van der Waals surface area contributed by atoms with Crippen LogP contribution in [0.5, 0.6) is 0 Å². The van der Waals surface area contributed by atoms with E-state index in [1.54, 1.807) is 10.9 Å². The van der Waals surface area contributed by atoms with Gasteiger partial charge in [-0.3, -0.25) is 9.48 Å². The summed E-state index contributed by atoms with van der Waals surface area (Å²) in [5, 5.41) is 9.26. The van der Waals surface area contributed by atoms with Crippen LogP contribution in [0.15, 0.2) is 73.1 Å². The molecule has 1 N–H and O–H groups in total. The van der Waals surface area contributed by atoms with Crippen molar-refractivity contribution >= 4 is 33.5 Å². The number of fused-ring (bicyclic) bond motifs is 2. The van der Waals surface area contributed by atoms with Gasteiger partial charge in [-0.05, 0) is 24.6 Å². The average Bonchev–Trinajstić information content (AvgIpc) is 3.26. The Morgan fingerprint density at radius 1 is 1.03 bits per heavy atom. The summed E-state index contributed by atoms with van der Waals surface area (Å²) in [6.45, 7) is 2.64. The first kappa shape index (κ1) is 18.1. The van der Waals surface area contributed by atoms with E-state index in [4.69, 9.17) is 0 Å². The summed E-state index contributed by atoms with van der Waals surface area (Å²) in [7, 11) is 1.86. The summed E-state index contributed by atoms with van der Waals surface area (Å²) < 4.78 is 3.86. The Kier molecular flexibility index (Phi) is 4.32. The third-order valence-electron chi connectivity index (χ3n) is 5.35. The Morgan fingerprint density at radius 3 is 2.63 bits per heavy atom. The molecular formula is C24H21N5O. The van der Waals surface area contributed by atoms with Crippen molar-refractivity contribution in [1.29, 1.82) is 0 Å². The minimum Gasteiger partial charge on any atom is -0.342 e. The van der Waals surface area contributed by atoms with E-state index >= 15 is 0 Å². The van der Waals surface area contributed by atoms with E-state index in [9.17, 15) is 4.79 Å². The molecule has 0 bridgehead atoms. The highest BCUT2D eigenvalue weighted by atomic mass is 16.1. The number of nitrogens with one attached hydrogen (secondary N) is 1. The van der Waals surface area contributed by atoms with Gasteiger partial charge in [0, 0.05) is 36.1 Å². The molecule has 30 heavy (non-hydrogen) atoms. The Balaban J connectivity index is 1.50. The van der Waals surface area contributed by atoms with Crippen LogP contribution in [0.3, 0.4) is 0 Å². The lowest BCUT2D eigenvalue weighted by Gasteiger charge is -2.05. The van der Waals surface area contributed by atoms with Gasteiger partial charge in [0.1, 0.15) is 0 Å². The molecule has 2 aromatic carbocycles. The van der Waals surface area contributed by atoms with Gasteiger partial charge in [-0.2, -0.15) is 5.10 Å². The van der Waals surface area contributed by atoms with Gasteiger partial charge in [-0.1, -0.05) is 48.5 Å². The average molecular weight is 395 g/mol. The van der Waals surface area contributed by atoms with Crippen LogP contribution in [-0.4, -0.2) is 25.2 Å². The number of benzene rings is 2. The number of carbonyl (C=O) groups is 1. The molecule has 0 aliphatic carbocycles. The molecule has 148 valence electrons. The monoisotopic (exact) mass is 395 g/mol. The van der Waals surface area contributed by atoms with E-state index in [1.807, 2.05) is 68.7 Å². The van der Waals surface area contributed by atoms with Gasteiger partial charge < -0.3 is 9.88 Å². The molecule has 1 amide bonds. The van der Waals surface area contributed by atoms with Crippen molar-refractivity contribution in [1.82, 2.24) is 19.3 Å². The zero-order valence-corrected chi connectivity index (χ0v) is 16.8. The van der Waals surface area contributed by atoms with Gasteiger partial charge in [0.05, 0.1) is 23.1 Å². The molecule has 0 unspecified atom stereocenters. The smallest absolute Gasteiger partial charge is 0.257 e. The molecule has 3 heterocycles. The minimum absolute atomic E-state index is 0.152. The van der Waals surface area contributed by atoms with Crippen molar-refractivity contribution in [2.24, 2.45) is 7.05 Å². The lowest BCUT2D eigenvalue weighted by atomic mass is 10.1. The maximum atomic E-state index is 13.1. The predicted octanol–water partition coefficient (Wildman–Crippen LogP) is 4.53. The molecule has 5 aromatic rings. The maximum absolute atomic E-state index is 13.1.